The second-order valence-electron chi connectivity index (χ2n) is 3.38. The lowest BCUT2D eigenvalue weighted by molar-refractivity contribution is 0.0694. The van der Waals surface area contributed by atoms with Gasteiger partial charge in [0.25, 0.3) is 0 Å². The van der Waals surface area contributed by atoms with E-state index >= 15 is 0 Å². The average Bonchev–Trinajstić information content (AvgIpc) is 2.53. The molecule has 16 heavy (non-hydrogen) atoms. The van der Waals surface area contributed by atoms with Gasteiger partial charge in [-0.1, -0.05) is 20.3 Å². The van der Waals surface area contributed by atoms with Gasteiger partial charge in [0.05, 0.1) is 0 Å². The molecule has 1 aromatic heterocycles. The predicted octanol–water partition coefficient (Wildman–Crippen LogP) is 2.08. The molecule has 90 valence electrons. The van der Waals surface area contributed by atoms with Crippen LogP contribution in [0, 0.1) is 0 Å². The number of carboxylic acids is 1. The Labute approximate surface area is 99.0 Å². The number of carboxylic acid groups (broad SMARTS) is 1. The summed E-state index contributed by atoms with van der Waals surface area (Å²) in [6, 6.07) is 0. The predicted molar refractivity (Wildman–Crippen MR) is 64.9 cm³/mol. The molecule has 1 aromatic rings. The summed E-state index contributed by atoms with van der Waals surface area (Å²) in [6.45, 7) is 4.70. The third-order valence-electron chi connectivity index (χ3n) is 2.18. The molecule has 0 aliphatic heterocycles. The molecule has 0 spiro atoms. The lowest BCUT2D eigenvalue weighted by atomic mass is 10.3. The number of aryl methyl sites for hydroxylation is 1. The van der Waals surface area contributed by atoms with Crippen LogP contribution in [-0.4, -0.2) is 26.6 Å². The van der Waals surface area contributed by atoms with Crippen molar-refractivity contribution in [3.8, 4) is 0 Å². The molecule has 1 heterocycles. The first-order chi connectivity index (χ1) is 7.61. The normalized spacial score (nSPS) is 10.6. The number of thioether (sulfide) groups is 1. The second-order valence-corrected chi connectivity index (χ2v) is 4.63. The van der Waals surface area contributed by atoms with E-state index in [0.717, 1.165) is 18.6 Å². The molecule has 0 amide bonds. The van der Waals surface area contributed by atoms with E-state index in [4.69, 9.17) is 10.8 Å². The van der Waals surface area contributed by atoms with Crippen molar-refractivity contribution in [3.05, 3.63) is 5.56 Å². The molecule has 0 radical (unpaired) electrons. The maximum atomic E-state index is 11.1. The number of aromatic carboxylic acids is 1. The fourth-order valence-electron chi connectivity index (χ4n) is 1.37. The molecule has 0 aliphatic carbocycles. The summed E-state index contributed by atoms with van der Waals surface area (Å²) >= 11 is 1.41. The van der Waals surface area contributed by atoms with E-state index in [1.54, 1.807) is 4.68 Å². The van der Waals surface area contributed by atoms with Crippen molar-refractivity contribution in [3.63, 3.8) is 0 Å². The molecular formula is C10H17N3O2S. The van der Waals surface area contributed by atoms with E-state index in [-0.39, 0.29) is 11.4 Å². The molecule has 0 unspecified atom stereocenters. The Morgan fingerprint density at radius 3 is 2.75 bits per heavy atom. The number of nitrogen functional groups attached to an aromatic ring is 1. The van der Waals surface area contributed by atoms with Crippen LogP contribution in [0.3, 0.4) is 0 Å². The number of aromatic nitrogens is 2. The zero-order chi connectivity index (χ0) is 12.1. The van der Waals surface area contributed by atoms with Crippen LogP contribution in [0.25, 0.3) is 0 Å². The summed E-state index contributed by atoms with van der Waals surface area (Å²) in [5.74, 6) is 0.0398. The Morgan fingerprint density at radius 1 is 1.56 bits per heavy atom. The van der Waals surface area contributed by atoms with Crippen LogP contribution in [0.4, 0.5) is 5.82 Å². The van der Waals surface area contributed by atoms with Gasteiger partial charge in [-0.2, -0.15) is 5.10 Å². The van der Waals surface area contributed by atoms with E-state index in [2.05, 4.69) is 12.0 Å². The van der Waals surface area contributed by atoms with Crippen LogP contribution in [0.1, 0.15) is 37.0 Å². The Bertz CT molecular complexity index is 376. The zero-order valence-electron chi connectivity index (χ0n) is 9.56. The molecule has 0 bridgehead atoms. The molecule has 6 heteroatoms. The highest BCUT2D eigenvalue weighted by molar-refractivity contribution is 7.99. The summed E-state index contributed by atoms with van der Waals surface area (Å²) in [5.41, 5.74) is 5.92. The summed E-state index contributed by atoms with van der Waals surface area (Å²) < 4.78 is 1.59. The molecule has 0 aliphatic rings. The highest BCUT2D eigenvalue weighted by atomic mass is 32.2. The Hall–Kier alpha value is -1.17. The summed E-state index contributed by atoms with van der Waals surface area (Å²) in [6.07, 6.45) is 1.97. The minimum Gasteiger partial charge on any atom is -0.477 e. The number of unbranched alkanes of at least 4 members (excludes halogenated alkanes) is 1. The van der Waals surface area contributed by atoms with Gasteiger partial charge in [-0.15, -0.1) is 11.8 Å². The molecule has 0 fully saturated rings. The van der Waals surface area contributed by atoms with Crippen molar-refractivity contribution in [2.75, 3.05) is 11.5 Å². The van der Waals surface area contributed by atoms with Crippen molar-refractivity contribution in [2.24, 2.45) is 0 Å². The van der Waals surface area contributed by atoms with Crippen LogP contribution in [0.5, 0.6) is 0 Å². The maximum absolute atomic E-state index is 11.1. The summed E-state index contributed by atoms with van der Waals surface area (Å²) in [5, 5.41) is 13.8. The Morgan fingerprint density at radius 2 is 2.25 bits per heavy atom. The van der Waals surface area contributed by atoms with Crippen molar-refractivity contribution in [1.82, 2.24) is 9.78 Å². The van der Waals surface area contributed by atoms with Crippen LogP contribution < -0.4 is 5.73 Å². The molecule has 5 nitrogen and oxygen atoms in total. The first-order valence-electron chi connectivity index (χ1n) is 5.34. The quantitative estimate of drug-likeness (QED) is 0.747. The lowest BCUT2D eigenvalue weighted by Gasteiger charge is -2.01. The van der Waals surface area contributed by atoms with E-state index in [0.29, 0.717) is 11.6 Å². The van der Waals surface area contributed by atoms with E-state index in [9.17, 15) is 4.79 Å². The molecule has 1 rings (SSSR count). The minimum absolute atomic E-state index is 0.142. The van der Waals surface area contributed by atoms with Crippen LogP contribution in [0.15, 0.2) is 5.03 Å². The first-order valence-corrected chi connectivity index (χ1v) is 6.32. The van der Waals surface area contributed by atoms with Crippen molar-refractivity contribution < 1.29 is 9.90 Å². The fourth-order valence-corrected chi connectivity index (χ4v) is 2.14. The zero-order valence-corrected chi connectivity index (χ0v) is 10.4. The largest absolute Gasteiger partial charge is 0.477 e. The highest BCUT2D eigenvalue weighted by Gasteiger charge is 2.21. The van der Waals surface area contributed by atoms with Gasteiger partial charge in [0.15, 0.2) is 0 Å². The first kappa shape index (κ1) is 12.9. The van der Waals surface area contributed by atoms with E-state index < -0.39 is 5.97 Å². The number of rotatable bonds is 6. The van der Waals surface area contributed by atoms with Crippen molar-refractivity contribution in [1.29, 1.82) is 0 Å². The smallest absolute Gasteiger partial charge is 0.342 e. The van der Waals surface area contributed by atoms with Gasteiger partial charge in [0, 0.05) is 6.54 Å². The molecular weight excluding hydrogens is 226 g/mol. The maximum Gasteiger partial charge on any atom is 0.342 e. The number of hydrogen-bond donors (Lipinski definition) is 2. The van der Waals surface area contributed by atoms with E-state index in [1.807, 2.05) is 6.92 Å². The number of carbonyl (C=O) groups is 1. The van der Waals surface area contributed by atoms with E-state index in [1.165, 1.54) is 11.8 Å². The Balaban J connectivity index is 3.03. The molecule has 3 N–H and O–H groups in total. The standard InChI is InChI=1S/C10H17N3O2S/c1-3-5-6-13-8(11)7(10(14)15)9(12-13)16-4-2/h3-6,11H2,1-2H3,(H,14,15). The topological polar surface area (TPSA) is 81.1 Å². The molecule has 0 saturated heterocycles. The van der Waals surface area contributed by atoms with Gasteiger partial charge >= 0.3 is 5.97 Å². The minimum atomic E-state index is -1.00. The number of nitrogens with two attached hydrogens (primary N) is 1. The van der Waals surface area contributed by atoms with Crippen LogP contribution in [0.2, 0.25) is 0 Å². The van der Waals surface area contributed by atoms with Crippen molar-refractivity contribution in [2.45, 2.75) is 38.3 Å². The average molecular weight is 243 g/mol. The molecule has 0 aromatic carbocycles. The van der Waals surface area contributed by atoms with Crippen LogP contribution >= 0.6 is 11.8 Å². The summed E-state index contributed by atoms with van der Waals surface area (Å²) in [7, 11) is 0. The monoisotopic (exact) mass is 243 g/mol. The van der Waals surface area contributed by atoms with Gasteiger partial charge in [0.2, 0.25) is 0 Å². The molecule has 0 atom stereocenters. The van der Waals surface area contributed by atoms with Gasteiger partial charge in [0.1, 0.15) is 16.4 Å². The molecule has 0 saturated carbocycles. The number of nitrogens with zero attached hydrogens (tertiary/aromatic N) is 2. The third-order valence-corrected chi connectivity index (χ3v) is 3.03. The summed E-state index contributed by atoms with van der Waals surface area (Å²) in [4.78, 5) is 11.1. The van der Waals surface area contributed by atoms with Crippen molar-refractivity contribution >= 4 is 23.5 Å². The third kappa shape index (κ3) is 2.69. The Kier molecular flexibility index (Phi) is 4.67. The lowest BCUT2D eigenvalue weighted by Crippen LogP contribution is -2.07. The second kappa shape index (κ2) is 5.79. The SMILES string of the molecule is CCCCn1nc(SCC)c(C(=O)O)c1N. The number of hydrogen-bond acceptors (Lipinski definition) is 4. The highest BCUT2D eigenvalue weighted by Crippen LogP contribution is 2.26. The fraction of sp³-hybridized carbons (Fsp3) is 0.600. The van der Waals surface area contributed by atoms with Gasteiger partial charge in [-0.25, -0.2) is 9.48 Å². The van der Waals surface area contributed by atoms with Gasteiger partial charge < -0.3 is 10.8 Å². The van der Waals surface area contributed by atoms with Gasteiger partial charge in [-0.3, -0.25) is 0 Å². The van der Waals surface area contributed by atoms with Crippen LogP contribution in [-0.2, 0) is 6.54 Å². The number of anilines is 1. The van der Waals surface area contributed by atoms with Gasteiger partial charge in [-0.05, 0) is 12.2 Å².